The summed E-state index contributed by atoms with van der Waals surface area (Å²) >= 11 is 0. The lowest BCUT2D eigenvalue weighted by Gasteiger charge is -2.25. The Morgan fingerprint density at radius 1 is 0.867 bits per heavy atom. The molecule has 0 unspecified atom stereocenters. The van der Waals surface area contributed by atoms with E-state index in [2.05, 4.69) is 0 Å². The van der Waals surface area contributed by atoms with E-state index in [1.165, 1.54) is 11.0 Å². The van der Waals surface area contributed by atoms with E-state index in [4.69, 9.17) is 0 Å². The van der Waals surface area contributed by atoms with Crippen molar-refractivity contribution in [2.75, 3.05) is 6.54 Å². The largest absolute Gasteiger partial charge is 0.507 e. The SMILES string of the molecule is O=C1C(=O)N(CCc2ccccc2)[C@H](c2ccccc2F)C1=C(O)c1ccccc1. The predicted molar refractivity (Wildman–Crippen MR) is 112 cm³/mol. The number of carbonyl (C=O) groups excluding carboxylic acids is 2. The quantitative estimate of drug-likeness (QED) is 0.389. The Morgan fingerprint density at radius 3 is 2.13 bits per heavy atom. The van der Waals surface area contributed by atoms with Crippen molar-refractivity contribution in [3.63, 3.8) is 0 Å². The molecule has 3 aromatic rings. The molecule has 0 radical (unpaired) electrons. The smallest absolute Gasteiger partial charge is 0.295 e. The van der Waals surface area contributed by atoms with Crippen molar-refractivity contribution in [1.82, 2.24) is 4.90 Å². The number of aliphatic hydroxyl groups excluding tert-OH is 1. The number of hydrogen-bond acceptors (Lipinski definition) is 3. The Labute approximate surface area is 173 Å². The van der Waals surface area contributed by atoms with Crippen LogP contribution in [0.2, 0.25) is 0 Å². The van der Waals surface area contributed by atoms with Gasteiger partial charge in [-0.2, -0.15) is 0 Å². The Hall–Kier alpha value is -3.73. The number of ketones is 1. The summed E-state index contributed by atoms with van der Waals surface area (Å²) < 4.78 is 14.7. The molecule has 1 saturated heterocycles. The minimum absolute atomic E-state index is 0.0932. The maximum atomic E-state index is 14.7. The minimum Gasteiger partial charge on any atom is -0.507 e. The fourth-order valence-corrected chi connectivity index (χ4v) is 3.78. The second-order valence-electron chi connectivity index (χ2n) is 7.12. The number of amides is 1. The van der Waals surface area contributed by atoms with Crippen LogP contribution in [0.1, 0.15) is 22.7 Å². The van der Waals surface area contributed by atoms with Gasteiger partial charge in [-0.3, -0.25) is 9.59 Å². The van der Waals surface area contributed by atoms with Crippen LogP contribution in [-0.2, 0) is 16.0 Å². The third kappa shape index (κ3) is 3.62. The predicted octanol–water partition coefficient (Wildman–Crippen LogP) is 4.49. The number of carbonyl (C=O) groups is 2. The number of rotatable bonds is 5. The number of aliphatic hydroxyl groups is 1. The fraction of sp³-hybridized carbons (Fsp3) is 0.120. The summed E-state index contributed by atoms with van der Waals surface area (Å²) in [5.41, 5.74) is 1.49. The molecule has 1 atom stereocenters. The Bertz CT molecular complexity index is 1110. The lowest BCUT2D eigenvalue weighted by Crippen LogP contribution is -2.32. The molecule has 3 aromatic carbocycles. The van der Waals surface area contributed by atoms with Gasteiger partial charge in [-0.15, -0.1) is 0 Å². The molecular weight excluding hydrogens is 381 g/mol. The molecule has 0 saturated carbocycles. The molecule has 0 bridgehead atoms. The summed E-state index contributed by atoms with van der Waals surface area (Å²) in [6.45, 7) is 0.221. The number of likely N-dealkylation sites (tertiary alicyclic amines) is 1. The first kappa shape index (κ1) is 19.6. The second kappa shape index (κ2) is 8.33. The molecule has 1 N–H and O–H groups in total. The lowest BCUT2D eigenvalue weighted by molar-refractivity contribution is -0.139. The van der Waals surface area contributed by atoms with Crippen LogP contribution >= 0.6 is 0 Å². The van der Waals surface area contributed by atoms with Crippen LogP contribution < -0.4 is 0 Å². The van der Waals surface area contributed by atoms with E-state index in [0.717, 1.165) is 5.56 Å². The van der Waals surface area contributed by atoms with Gasteiger partial charge in [0.1, 0.15) is 11.6 Å². The highest BCUT2D eigenvalue weighted by atomic mass is 19.1. The van der Waals surface area contributed by atoms with Gasteiger partial charge in [0.05, 0.1) is 11.6 Å². The molecule has 30 heavy (non-hydrogen) atoms. The highest BCUT2D eigenvalue weighted by Gasteiger charge is 2.46. The van der Waals surface area contributed by atoms with Crippen LogP contribution in [-0.4, -0.2) is 28.2 Å². The van der Waals surface area contributed by atoms with E-state index in [-0.39, 0.29) is 23.4 Å². The van der Waals surface area contributed by atoms with Gasteiger partial charge in [-0.1, -0.05) is 78.9 Å². The molecule has 1 fully saturated rings. The highest BCUT2D eigenvalue weighted by molar-refractivity contribution is 6.46. The van der Waals surface area contributed by atoms with Crippen LogP contribution in [0.15, 0.2) is 90.5 Å². The van der Waals surface area contributed by atoms with Gasteiger partial charge in [-0.25, -0.2) is 4.39 Å². The molecule has 1 aliphatic heterocycles. The van der Waals surface area contributed by atoms with Crippen LogP contribution in [0, 0.1) is 5.82 Å². The van der Waals surface area contributed by atoms with Crippen molar-refractivity contribution in [3.8, 4) is 0 Å². The van der Waals surface area contributed by atoms with E-state index >= 15 is 0 Å². The molecule has 0 aromatic heterocycles. The van der Waals surface area contributed by atoms with Crippen LogP contribution in [0.3, 0.4) is 0 Å². The van der Waals surface area contributed by atoms with Crippen molar-refractivity contribution in [2.24, 2.45) is 0 Å². The van der Waals surface area contributed by atoms with Crippen molar-refractivity contribution >= 4 is 17.4 Å². The average molecular weight is 401 g/mol. The molecule has 1 heterocycles. The summed E-state index contributed by atoms with van der Waals surface area (Å²) in [5, 5.41) is 10.9. The Morgan fingerprint density at radius 2 is 1.47 bits per heavy atom. The Balaban J connectivity index is 1.80. The average Bonchev–Trinajstić information content (AvgIpc) is 3.03. The number of nitrogens with zero attached hydrogens (tertiary/aromatic N) is 1. The third-order valence-electron chi connectivity index (χ3n) is 5.27. The van der Waals surface area contributed by atoms with Crippen LogP contribution in [0.5, 0.6) is 0 Å². The van der Waals surface area contributed by atoms with Crippen molar-refractivity contribution in [2.45, 2.75) is 12.5 Å². The van der Waals surface area contributed by atoms with Crippen LogP contribution in [0.25, 0.3) is 5.76 Å². The maximum absolute atomic E-state index is 14.7. The number of Topliss-reactive ketones (excluding diaryl/α,β-unsaturated/α-hetero) is 1. The van der Waals surface area contributed by atoms with E-state index in [1.807, 2.05) is 30.3 Å². The fourth-order valence-electron chi connectivity index (χ4n) is 3.78. The molecule has 0 spiro atoms. The van der Waals surface area contributed by atoms with Crippen molar-refractivity contribution in [1.29, 1.82) is 0 Å². The summed E-state index contributed by atoms with van der Waals surface area (Å²) in [6, 6.07) is 23.1. The van der Waals surface area contributed by atoms with Crippen molar-refractivity contribution in [3.05, 3.63) is 113 Å². The van der Waals surface area contributed by atoms with Gasteiger partial charge >= 0.3 is 0 Å². The molecule has 5 heteroatoms. The number of hydrogen-bond donors (Lipinski definition) is 1. The minimum atomic E-state index is -0.991. The molecule has 0 aliphatic carbocycles. The first-order chi connectivity index (χ1) is 14.6. The first-order valence-electron chi connectivity index (χ1n) is 9.70. The van der Waals surface area contributed by atoms with Crippen molar-refractivity contribution < 1.29 is 19.1 Å². The number of halogens is 1. The van der Waals surface area contributed by atoms with Crippen LogP contribution in [0.4, 0.5) is 4.39 Å². The van der Waals surface area contributed by atoms with E-state index in [9.17, 15) is 19.1 Å². The second-order valence-corrected chi connectivity index (χ2v) is 7.12. The topological polar surface area (TPSA) is 57.6 Å². The maximum Gasteiger partial charge on any atom is 0.295 e. The summed E-state index contributed by atoms with van der Waals surface area (Å²) in [4.78, 5) is 27.1. The van der Waals surface area contributed by atoms with E-state index in [0.29, 0.717) is 12.0 Å². The normalized spacial score (nSPS) is 18.0. The standard InChI is InChI=1S/C25H20FNO3/c26-20-14-8-7-13-19(20)22-21(23(28)18-11-5-2-6-12-18)24(29)25(30)27(22)16-15-17-9-3-1-4-10-17/h1-14,22,28H,15-16H2/t22-/m1/s1. The molecule has 150 valence electrons. The first-order valence-corrected chi connectivity index (χ1v) is 9.70. The summed E-state index contributed by atoms with van der Waals surface area (Å²) in [6.07, 6.45) is 0.504. The zero-order chi connectivity index (χ0) is 21.1. The van der Waals surface area contributed by atoms with E-state index < -0.39 is 23.5 Å². The zero-order valence-corrected chi connectivity index (χ0v) is 16.2. The summed E-state index contributed by atoms with van der Waals surface area (Å²) in [5.74, 6) is -2.38. The number of benzene rings is 3. The van der Waals surface area contributed by atoms with Gasteiger partial charge in [0.15, 0.2) is 0 Å². The van der Waals surface area contributed by atoms with E-state index in [1.54, 1.807) is 48.5 Å². The monoisotopic (exact) mass is 401 g/mol. The summed E-state index contributed by atoms with van der Waals surface area (Å²) in [7, 11) is 0. The third-order valence-corrected chi connectivity index (χ3v) is 5.27. The molecule has 4 nitrogen and oxygen atoms in total. The van der Waals surface area contributed by atoms with Gasteiger partial charge < -0.3 is 10.0 Å². The molecule has 4 rings (SSSR count). The van der Waals surface area contributed by atoms with Gasteiger partial charge in [0.25, 0.3) is 11.7 Å². The zero-order valence-electron chi connectivity index (χ0n) is 16.2. The molecule has 1 amide bonds. The lowest BCUT2D eigenvalue weighted by atomic mass is 9.95. The van der Waals surface area contributed by atoms with Gasteiger partial charge in [-0.05, 0) is 18.1 Å². The Kier molecular flexibility index (Phi) is 5.44. The van der Waals surface area contributed by atoms with Gasteiger partial charge in [0, 0.05) is 17.7 Å². The highest BCUT2D eigenvalue weighted by Crippen LogP contribution is 2.40. The molecule has 1 aliphatic rings. The molecular formula is C25H20FNO3. The van der Waals surface area contributed by atoms with Gasteiger partial charge in [0.2, 0.25) is 0 Å².